The van der Waals surface area contributed by atoms with Crippen LogP contribution in [0.25, 0.3) is 0 Å². The van der Waals surface area contributed by atoms with Crippen molar-refractivity contribution in [3.8, 4) is 5.75 Å². The molecule has 0 saturated carbocycles. The minimum absolute atomic E-state index is 0.0622. The average molecular weight is 266 g/mol. The van der Waals surface area contributed by atoms with E-state index in [0.717, 1.165) is 0 Å². The van der Waals surface area contributed by atoms with E-state index in [9.17, 15) is 22.4 Å². The molecule has 0 aromatic heterocycles. The molecule has 0 radical (unpaired) electrons. The molecule has 4 N–H and O–H groups in total. The molecule has 1 amide bonds. The number of nitrogens with two attached hydrogens (primary N) is 2. The van der Waals surface area contributed by atoms with Gasteiger partial charge in [0.25, 0.3) is 0 Å². The topological polar surface area (TPSA) is 78.3 Å². The maximum absolute atomic E-state index is 13.1. The van der Waals surface area contributed by atoms with Gasteiger partial charge in [-0.15, -0.1) is 0 Å². The fourth-order valence-corrected chi connectivity index (χ4v) is 1.11. The third-order valence-electron chi connectivity index (χ3n) is 2.11. The summed E-state index contributed by atoms with van der Waals surface area (Å²) in [5.74, 6) is -8.48. The van der Waals surface area contributed by atoms with Crippen LogP contribution >= 0.6 is 0 Å². The first-order chi connectivity index (χ1) is 8.34. The first kappa shape index (κ1) is 14.2. The SMILES string of the molecule is NC(=O)C(N)CCOc1c(F)c(F)cc(F)c1F. The van der Waals surface area contributed by atoms with E-state index in [0.29, 0.717) is 0 Å². The molecule has 8 heteroatoms. The van der Waals surface area contributed by atoms with Crippen LogP contribution in [0, 0.1) is 23.3 Å². The molecule has 0 bridgehead atoms. The van der Waals surface area contributed by atoms with Crippen LogP contribution < -0.4 is 16.2 Å². The second-order valence-corrected chi connectivity index (χ2v) is 3.44. The molecule has 0 heterocycles. The van der Waals surface area contributed by atoms with Crippen molar-refractivity contribution in [2.75, 3.05) is 6.61 Å². The smallest absolute Gasteiger partial charge is 0.234 e. The molecule has 0 aliphatic heterocycles. The van der Waals surface area contributed by atoms with Crippen molar-refractivity contribution < 1.29 is 27.1 Å². The van der Waals surface area contributed by atoms with E-state index >= 15 is 0 Å². The number of carbonyl (C=O) groups excluding carboxylic acids is 1. The van der Waals surface area contributed by atoms with Gasteiger partial charge in [-0.3, -0.25) is 4.79 Å². The van der Waals surface area contributed by atoms with E-state index in [4.69, 9.17) is 11.5 Å². The van der Waals surface area contributed by atoms with Crippen molar-refractivity contribution in [2.24, 2.45) is 11.5 Å². The Hall–Kier alpha value is -1.83. The Bertz CT molecular complexity index is 441. The summed E-state index contributed by atoms with van der Waals surface area (Å²) in [5, 5.41) is 0. The highest BCUT2D eigenvalue weighted by atomic mass is 19.2. The van der Waals surface area contributed by atoms with Gasteiger partial charge in [0, 0.05) is 12.5 Å². The number of rotatable bonds is 5. The molecule has 0 aliphatic carbocycles. The quantitative estimate of drug-likeness (QED) is 0.612. The molecule has 1 atom stereocenters. The maximum Gasteiger partial charge on any atom is 0.234 e. The van der Waals surface area contributed by atoms with Crippen molar-refractivity contribution >= 4 is 5.91 Å². The number of hydrogen-bond acceptors (Lipinski definition) is 3. The molecular weight excluding hydrogens is 256 g/mol. The van der Waals surface area contributed by atoms with Crippen LogP contribution in [0.5, 0.6) is 5.75 Å². The molecule has 18 heavy (non-hydrogen) atoms. The first-order valence-corrected chi connectivity index (χ1v) is 4.85. The Morgan fingerprint density at radius 3 is 2.17 bits per heavy atom. The van der Waals surface area contributed by atoms with Crippen molar-refractivity contribution in [3.05, 3.63) is 29.3 Å². The molecular formula is C10H10F4N2O2. The largest absolute Gasteiger partial charge is 0.487 e. The first-order valence-electron chi connectivity index (χ1n) is 4.85. The fraction of sp³-hybridized carbons (Fsp3) is 0.300. The molecule has 0 fully saturated rings. The van der Waals surface area contributed by atoms with E-state index in [1.165, 1.54) is 0 Å². The molecule has 0 saturated heterocycles. The summed E-state index contributed by atoms with van der Waals surface area (Å²) in [6, 6.07) is -1.01. The summed E-state index contributed by atoms with van der Waals surface area (Å²) in [7, 11) is 0. The molecule has 1 aromatic rings. The van der Waals surface area contributed by atoms with Gasteiger partial charge < -0.3 is 16.2 Å². The van der Waals surface area contributed by atoms with E-state index in [-0.39, 0.29) is 12.5 Å². The van der Waals surface area contributed by atoms with Gasteiger partial charge in [0.1, 0.15) is 0 Å². The highest BCUT2D eigenvalue weighted by Crippen LogP contribution is 2.26. The lowest BCUT2D eigenvalue weighted by Crippen LogP contribution is -2.37. The Morgan fingerprint density at radius 1 is 1.22 bits per heavy atom. The third-order valence-corrected chi connectivity index (χ3v) is 2.11. The number of ether oxygens (including phenoxy) is 1. The summed E-state index contributed by atoms with van der Waals surface area (Å²) in [6.07, 6.45) is -0.146. The number of amides is 1. The Kier molecular flexibility index (Phi) is 4.49. The van der Waals surface area contributed by atoms with Crippen LogP contribution in [-0.2, 0) is 4.79 Å². The lowest BCUT2D eigenvalue weighted by molar-refractivity contribution is -0.119. The number of halogens is 4. The van der Waals surface area contributed by atoms with Crippen LogP contribution in [0.1, 0.15) is 6.42 Å². The molecule has 1 aromatic carbocycles. The van der Waals surface area contributed by atoms with Crippen molar-refractivity contribution in [1.29, 1.82) is 0 Å². The zero-order chi connectivity index (χ0) is 13.9. The molecule has 1 rings (SSSR count). The van der Waals surface area contributed by atoms with Crippen LogP contribution in [0.3, 0.4) is 0 Å². The van der Waals surface area contributed by atoms with Crippen molar-refractivity contribution in [3.63, 3.8) is 0 Å². The Morgan fingerprint density at radius 2 is 1.72 bits per heavy atom. The number of hydrogen-bond donors (Lipinski definition) is 2. The highest BCUT2D eigenvalue weighted by molar-refractivity contribution is 5.79. The second kappa shape index (κ2) is 5.67. The number of benzene rings is 1. The standard InChI is InChI=1S/C10H10F4N2O2/c11-4-3-5(12)8(14)9(7(4)13)18-2-1-6(15)10(16)17/h3,6H,1-2,15H2,(H2,16,17). The van der Waals surface area contributed by atoms with Crippen LogP contribution in [-0.4, -0.2) is 18.6 Å². The average Bonchev–Trinajstić information content (AvgIpc) is 2.30. The number of carbonyl (C=O) groups is 1. The minimum atomic E-state index is -1.65. The monoisotopic (exact) mass is 266 g/mol. The van der Waals surface area contributed by atoms with E-state index in [1.54, 1.807) is 0 Å². The zero-order valence-corrected chi connectivity index (χ0v) is 9.05. The molecule has 1 unspecified atom stereocenters. The molecule has 0 spiro atoms. The van der Waals surface area contributed by atoms with Gasteiger partial charge in [-0.2, -0.15) is 8.78 Å². The van der Waals surface area contributed by atoms with Crippen molar-refractivity contribution in [1.82, 2.24) is 0 Å². The highest BCUT2D eigenvalue weighted by Gasteiger charge is 2.21. The van der Waals surface area contributed by atoms with Crippen molar-refractivity contribution in [2.45, 2.75) is 12.5 Å². The summed E-state index contributed by atoms with van der Waals surface area (Å²) < 4.78 is 56.3. The van der Waals surface area contributed by atoms with Crippen LogP contribution in [0.4, 0.5) is 17.6 Å². The normalized spacial score (nSPS) is 12.3. The Balaban J connectivity index is 2.76. The predicted molar refractivity (Wildman–Crippen MR) is 53.6 cm³/mol. The molecule has 0 aliphatic rings. The summed E-state index contributed by atoms with van der Waals surface area (Å²) in [5.41, 5.74) is 10.1. The molecule has 4 nitrogen and oxygen atoms in total. The molecule has 100 valence electrons. The van der Waals surface area contributed by atoms with E-state index in [2.05, 4.69) is 4.74 Å². The van der Waals surface area contributed by atoms with Gasteiger partial charge in [0.2, 0.25) is 17.5 Å². The maximum atomic E-state index is 13.1. The summed E-state index contributed by atoms with van der Waals surface area (Å²) in [6.45, 7) is -0.416. The van der Waals surface area contributed by atoms with Crippen LogP contribution in [0.2, 0.25) is 0 Å². The second-order valence-electron chi connectivity index (χ2n) is 3.44. The van der Waals surface area contributed by atoms with Gasteiger partial charge >= 0.3 is 0 Å². The van der Waals surface area contributed by atoms with E-state index < -0.39 is 47.6 Å². The third kappa shape index (κ3) is 3.10. The number of primary amides is 1. The lowest BCUT2D eigenvalue weighted by atomic mass is 10.2. The lowest BCUT2D eigenvalue weighted by Gasteiger charge is -2.11. The van der Waals surface area contributed by atoms with E-state index in [1.807, 2.05) is 0 Å². The predicted octanol–water partition coefficient (Wildman–Crippen LogP) is 0.825. The zero-order valence-electron chi connectivity index (χ0n) is 9.05. The minimum Gasteiger partial charge on any atom is -0.487 e. The van der Waals surface area contributed by atoms with Gasteiger partial charge in [-0.1, -0.05) is 0 Å². The van der Waals surface area contributed by atoms with Gasteiger partial charge in [0.15, 0.2) is 17.4 Å². The summed E-state index contributed by atoms with van der Waals surface area (Å²) in [4.78, 5) is 10.6. The van der Waals surface area contributed by atoms with Gasteiger partial charge in [-0.25, -0.2) is 8.78 Å². The van der Waals surface area contributed by atoms with Gasteiger partial charge in [0.05, 0.1) is 12.6 Å². The summed E-state index contributed by atoms with van der Waals surface area (Å²) >= 11 is 0. The van der Waals surface area contributed by atoms with Gasteiger partial charge in [-0.05, 0) is 0 Å². The fourth-order valence-electron chi connectivity index (χ4n) is 1.11. The Labute approximate surface area is 99.5 Å². The van der Waals surface area contributed by atoms with Crippen LogP contribution in [0.15, 0.2) is 6.07 Å².